The van der Waals surface area contributed by atoms with Gasteiger partial charge in [-0.2, -0.15) is 5.26 Å². The van der Waals surface area contributed by atoms with Crippen molar-refractivity contribution in [1.29, 1.82) is 5.26 Å². The maximum absolute atomic E-state index is 12.1. The standard InChI is InChI=1S/C14H11BrN2O3S/c1-3-19-12-5-9(6-16)4-10(15)13(12)20-14(18)11-7-21-8(2)17-11/h4-5,7H,3H2,1-2H3. The highest BCUT2D eigenvalue weighted by Crippen LogP contribution is 2.37. The number of carbonyl (C=O) groups is 1. The van der Waals surface area contributed by atoms with E-state index in [1.54, 1.807) is 11.4 Å². The summed E-state index contributed by atoms with van der Waals surface area (Å²) in [6, 6.07) is 5.12. The van der Waals surface area contributed by atoms with Crippen molar-refractivity contribution >= 4 is 33.2 Å². The van der Waals surface area contributed by atoms with Gasteiger partial charge in [-0.15, -0.1) is 11.3 Å². The predicted octanol–water partition coefficient (Wildman–Crippen LogP) is 3.70. The number of ether oxygens (including phenoxy) is 2. The summed E-state index contributed by atoms with van der Waals surface area (Å²) < 4.78 is 11.3. The highest BCUT2D eigenvalue weighted by molar-refractivity contribution is 9.10. The maximum Gasteiger partial charge on any atom is 0.363 e. The predicted molar refractivity (Wildman–Crippen MR) is 81.8 cm³/mol. The van der Waals surface area contributed by atoms with E-state index < -0.39 is 5.97 Å². The van der Waals surface area contributed by atoms with Crippen molar-refractivity contribution in [2.75, 3.05) is 6.61 Å². The molecule has 5 nitrogen and oxygen atoms in total. The van der Waals surface area contributed by atoms with E-state index in [1.807, 2.05) is 19.9 Å². The van der Waals surface area contributed by atoms with Gasteiger partial charge in [0.1, 0.15) is 0 Å². The minimum atomic E-state index is -0.564. The Kier molecular flexibility index (Phi) is 4.94. The van der Waals surface area contributed by atoms with Crippen LogP contribution in [0.15, 0.2) is 22.0 Å². The van der Waals surface area contributed by atoms with Crippen LogP contribution in [0.4, 0.5) is 0 Å². The van der Waals surface area contributed by atoms with Crippen LogP contribution in [0.1, 0.15) is 28.0 Å². The van der Waals surface area contributed by atoms with Crippen molar-refractivity contribution in [2.45, 2.75) is 13.8 Å². The number of halogens is 1. The molecule has 21 heavy (non-hydrogen) atoms. The fourth-order valence-corrected chi connectivity index (χ4v) is 2.70. The van der Waals surface area contributed by atoms with E-state index in [-0.39, 0.29) is 11.4 Å². The Morgan fingerprint density at radius 3 is 2.86 bits per heavy atom. The Balaban J connectivity index is 2.34. The summed E-state index contributed by atoms with van der Waals surface area (Å²) in [5, 5.41) is 11.4. The molecule has 108 valence electrons. The Morgan fingerprint density at radius 2 is 2.29 bits per heavy atom. The average molecular weight is 367 g/mol. The zero-order valence-electron chi connectivity index (χ0n) is 11.3. The lowest BCUT2D eigenvalue weighted by Gasteiger charge is -2.12. The molecule has 0 saturated carbocycles. The first kappa shape index (κ1) is 15.5. The molecular weight excluding hydrogens is 356 g/mol. The van der Waals surface area contributed by atoms with Crippen molar-refractivity contribution in [3.05, 3.63) is 38.3 Å². The van der Waals surface area contributed by atoms with Gasteiger partial charge in [0.2, 0.25) is 0 Å². The van der Waals surface area contributed by atoms with E-state index in [2.05, 4.69) is 20.9 Å². The largest absolute Gasteiger partial charge is 0.490 e. The van der Waals surface area contributed by atoms with Crippen molar-refractivity contribution in [1.82, 2.24) is 4.98 Å². The van der Waals surface area contributed by atoms with Crippen LogP contribution in [0.2, 0.25) is 0 Å². The zero-order valence-corrected chi connectivity index (χ0v) is 13.7. The Labute approximate surface area is 134 Å². The number of thiazole rings is 1. The second-order valence-electron chi connectivity index (χ2n) is 3.97. The van der Waals surface area contributed by atoms with Crippen LogP contribution >= 0.6 is 27.3 Å². The van der Waals surface area contributed by atoms with Gasteiger partial charge in [-0.25, -0.2) is 9.78 Å². The van der Waals surface area contributed by atoms with Gasteiger partial charge in [0.05, 0.1) is 27.7 Å². The van der Waals surface area contributed by atoms with Gasteiger partial charge in [-0.3, -0.25) is 0 Å². The summed E-state index contributed by atoms with van der Waals surface area (Å²) in [6.45, 7) is 4.01. The number of hydrogen-bond acceptors (Lipinski definition) is 6. The molecule has 0 aliphatic heterocycles. The monoisotopic (exact) mass is 366 g/mol. The summed E-state index contributed by atoms with van der Waals surface area (Å²) >= 11 is 4.66. The van der Waals surface area contributed by atoms with Crippen LogP contribution in [-0.4, -0.2) is 17.6 Å². The molecule has 0 amide bonds. The number of nitriles is 1. The molecule has 1 heterocycles. The van der Waals surface area contributed by atoms with Crippen molar-refractivity contribution in [2.24, 2.45) is 0 Å². The molecule has 0 N–H and O–H groups in total. The van der Waals surface area contributed by atoms with Crippen molar-refractivity contribution in [3.8, 4) is 17.6 Å². The number of carbonyl (C=O) groups excluding carboxylic acids is 1. The van der Waals surface area contributed by atoms with E-state index in [4.69, 9.17) is 14.7 Å². The molecule has 1 aromatic carbocycles. The molecular formula is C14H11BrN2O3S. The average Bonchev–Trinajstić information content (AvgIpc) is 2.89. The molecule has 0 saturated heterocycles. The van der Waals surface area contributed by atoms with Gasteiger partial charge in [0.15, 0.2) is 17.2 Å². The smallest absolute Gasteiger partial charge is 0.363 e. The van der Waals surface area contributed by atoms with Crippen LogP contribution in [-0.2, 0) is 0 Å². The minimum Gasteiger partial charge on any atom is -0.490 e. The molecule has 0 aliphatic rings. The molecule has 1 aromatic heterocycles. The Hall–Kier alpha value is -1.91. The number of aromatic nitrogens is 1. The summed E-state index contributed by atoms with van der Waals surface area (Å²) in [4.78, 5) is 16.2. The van der Waals surface area contributed by atoms with Crippen molar-refractivity contribution in [3.63, 3.8) is 0 Å². The molecule has 2 rings (SSSR count). The molecule has 0 bridgehead atoms. The summed E-state index contributed by atoms with van der Waals surface area (Å²) in [7, 11) is 0. The van der Waals surface area contributed by atoms with Gasteiger partial charge < -0.3 is 9.47 Å². The maximum atomic E-state index is 12.1. The van der Waals surface area contributed by atoms with Crippen LogP contribution < -0.4 is 9.47 Å². The molecule has 0 atom stereocenters. The van der Waals surface area contributed by atoms with Gasteiger partial charge in [-0.1, -0.05) is 0 Å². The number of esters is 1. The van der Waals surface area contributed by atoms with Gasteiger partial charge in [0, 0.05) is 11.4 Å². The minimum absolute atomic E-state index is 0.242. The first-order valence-electron chi connectivity index (χ1n) is 6.06. The van der Waals surface area contributed by atoms with E-state index in [0.29, 0.717) is 22.4 Å². The third kappa shape index (κ3) is 3.60. The second-order valence-corrected chi connectivity index (χ2v) is 5.89. The van der Waals surface area contributed by atoms with E-state index >= 15 is 0 Å². The van der Waals surface area contributed by atoms with Gasteiger partial charge in [-0.05, 0) is 35.8 Å². The lowest BCUT2D eigenvalue weighted by molar-refractivity contribution is 0.0721. The van der Waals surface area contributed by atoms with E-state index in [1.165, 1.54) is 17.4 Å². The molecule has 0 radical (unpaired) electrons. The molecule has 2 aromatic rings. The number of hydrogen-bond donors (Lipinski definition) is 0. The first-order valence-corrected chi connectivity index (χ1v) is 7.73. The van der Waals surface area contributed by atoms with Crippen molar-refractivity contribution < 1.29 is 14.3 Å². The van der Waals surface area contributed by atoms with Crippen LogP contribution in [0.3, 0.4) is 0 Å². The zero-order chi connectivity index (χ0) is 15.4. The summed E-state index contributed by atoms with van der Waals surface area (Å²) in [5.74, 6) is 0.0148. The first-order chi connectivity index (χ1) is 10.0. The van der Waals surface area contributed by atoms with Crippen LogP contribution in [0, 0.1) is 18.3 Å². The Bertz CT molecular complexity index is 721. The quantitative estimate of drug-likeness (QED) is 0.609. The van der Waals surface area contributed by atoms with E-state index in [9.17, 15) is 4.79 Å². The number of benzene rings is 1. The topological polar surface area (TPSA) is 72.2 Å². The van der Waals surface area contributed by atoms with E-state index in [0.717, 1.165) is 5.01 Å². The van der Waals surface area contributed by atoms with Crippen LogP contribution in [0.5, 0.6) is 11.5 Å². The second kappa shape index (κ2) is 6.70. The molecule has 0 aliphatic carbocycles. The highest BCUT2D eigenvalue weighted by atomic mass is 79.9. The molecule has 7 heteroatoms. The third-order valence-corrected chi connectivity index (χ3v) is 3.82. The highest BCUT2D eigenvalue weighted by Gasteiger charge is 2.19. The van der Waals surface area contributed by atoms with Gasteiger partial charge in [0.25, 0.3) is 0 Å². The summed E-state index contributed by atoms with van der Waals surface area (Å²) in [6.07, 6.45) is 0. The lowest BCUT2D eigenvalue weighted by Crippen LogP contribution is -2.10. The third-order valence-electron chi connectivity index (χ3n) is 2.46. The fourth-order valence-electron chi connectivity index (χ4n) is 1.60. The molecule has 0 fully saturated rings. The van der Waals surface area contributed by atoms with Gasteiger partial charge >= 0.3 is 5.97 Å². The summed E-state index contributed by atoms with van der Waals surface area (Å²) in [5.41, 5.74) is 0.658. The Morgan fingerprint density at radius 1 is 1.52 bits per heavy atom. The normalized spacial score (nSPS) is 10.0. The fraction of sp³-hybridized carbons (Fsp3) is 0.214. The number of aryl methyl sites for hydroxylation is 1. The SMILES string of the molecule is CCOc1cc(C#N)cc(Br)c1OC(=O)c1csc(C)n1. The number of rotatable bonds is 4. The molecule has 0 unspecified atom stereocenters. The lowest BCUT2D eigenvalue weighted by atomic mass is 10.2. The number of nitrogens with zero attached hydrogens (tertiary/aromatic N) is 2. The molecule has 0 spiro atoms. The van der Waals surface area contributed by atoms with Crippen LogP contribution in [0.25, 0.3) is 0 Å².